The quantitative estimate of drug-likeness (QED) is 0.258. The highest BCUT2D eigenvalue weighted by molar-refractivity contribution is 5.94. The second kappa shape index (κ2) is 17.6. The standard InChI is InChI=1S/C21H21FN4O3.C12H17N3O2.C7H5FN2/c1-13-8-18-16(21(29-24-18)25-7-3-2-4-19(25)27)12-26(13)20(28)10-14-5-6-15(11-23)17(22)9-14;1-8-6-10-9(7-13-8)12(17-14-10)15-5-3-2-4-11(15)16;8-7-3-6(10)2-1-5(7)4-9/h5-6,9,13H,2-4,7-8,10,12H2,1H3;8,13H,2-7H2,1H3;1-3H,10H2/t13-;8-;/m00./s1. The maximum Gasteiger partial charge on any atom is 0.239 e. The average Bonchev–Trinajstić information content (AvgIpc) is 3.79. The molecule has 3 amide bonds. The van der Waals surface area contributed by atoms with Gasteiger partial charge in [-0.25, -0.2) is 8.78 Å². The number of halogens is 2. The molecular weight excluding hydrogens is 724 g/mol. The fraction of sp³-hybridized carbons (Fsp3) is 0.425. The zero-order valence-electron chi connectivity index (χ0n) is 31.3. The Hall–Kier alpha value is -6.13. The van der Waals surface area contributed by atoms with Gasteiger partial charge in [-0.15, -0.1) is 0 Å². The number of anilines is 3. The number of nitrogens with two attached hydrogens (primary N) is 1. The highest BCUT2D eigenvalue weighted by atomic mass is 19.1. The largest absolute Gasteiger partial charge is 0.399 e. The number of nitrogens with one attached hydrogen (secondary N) is 1. The van der Waals surface area contributed by atoms with Crippen molar-refractivity contribution in [3.05, 3.63) is 87.2 Å². The molecule has 0 saturated carbocycles. The van der Waals surface area contributed by atoms with E-state index in [0.717, 1.165) is 73.8 Å². The molecule has 2 aromatic heterocycles. The van der Waals surface area contributed by atoms with Crippen LogP contribution in [0.3, 0.4) is 0 Å². The molecular formula is C40H43F2N9O5. The van der Waals surface area contributed by atoms with Gasteiger partial charge in [0, 0.05) is 63.1 Å². The number of fused-ring (bicyclic) bond motifs is 2. The van der Waals surface area contributed by atoms with Crippen LogP contribution in [0.25, 0.3) is 0 Å². The Labute approximate surface area is 322 Å². The van der Waals surface area contributed by atoms with Gasteiger partial charge in [-0.2, -0.15) is 10.5 Å². The summed E-state index contributed by atoms with van der Waals surface area (Å²) in [5, 5.41) is 28.8. The van der Waals surface area contributed by atoms with Crippen LogP contribution in [0, 0.1) is 34.3 Å². The number of aromatic nitrogens is 2. The first-order valence-corrected chi connectivity index (χ1v) is 18.7. The molecule has 0 radical (unpaired) electrons. The van der Waals surface area contributed by atoms with Gasteiger partial charge in [0.2, 0.25) is 29.5 Å². The maximum absolute atomic E-state index is 13.9. The number of rotatable bonds is 4. The zero-order valence-corrected chi connectivity index (χ0v) is 31.3. The minimum atomic E-state index is -0.628. The second-order valence-electron chi connectivity index (χ2n) is 14.3. The Morgan fingerprint density at radius 1 is 0.857 bits per heavy atom. The predicted molar refractivity (Wildman–Crippen MR) is 199 cm³/mol. The molecule has 2 aromatic carbocycles. The van der Waals surface area contributed by atoms with Crippen molar-refractivity contribution in [2.45, 2.75) is 96.8 Å². The summed E-state index contributed by atoms with van der Waals surface area (Å²) in [5.41, 5.74) is 9.68. The third kappa shape index (κ3) is 8.87. The van der Waals surface area contributed by atoms with E-state index in [1.807, 2.05) is 6.92 Å². The summed E-state index contributed by atoms with van der Waals surface area (Å²) in [6.07, 6.45) is 6.36. The Balaban J connectivity index is 0.000000165. The van der Waals surface area contributed by atoms with Crippen molar-refractivity contribution in [1.82, 2.24) is 20.5 Å². The molecule has 2 saturated heterocycles. The smallest absolute Gasteiger partial charge is 0.239 e. The van der Waals surface area contributed by atoms with Crippen molar-refractivity contribution in [3.8, 4) is 12.1 Å². The number of piperidine rings is 2. The summed E-state index contributed by atoms with van der Waals surface area (Å²) in [4.78, 5) is 42.2. The van der Waals surface area contributed by atoms with E-state index in [2.05, 4.69) is 22.6 Å². The van der Waals surface area contributed by atoms with Crippen LogP contribution in [0.2, 0.25) is 0 Å². The Kier molecular flexibility index (Phi) is 12.4. The van der Waals surface area contributed by atoms with E-state index in [1.165, 1.54) is 24.3 Å². The van der Waals surface area contributed by atoms with E-state index >= 15 is 0 Å². The van der Waals surface area contributed by atoms with Crippen LogP contribution in [-0.4, -0.2) is 58.1 Å². The van der Waals surface area contributed by atoms with Crippen LogP contribution in [0.15, 0.2) is 45.4 Å². The van der Waals surface area contributed by atoms with Crippen LogP contribution in [0.4, 0.5) is 26.2 Å². The summed E-state index contributed by atoms with van der Waals surface area (Å²) in [6, 6.07) is 12.0. The topological polar surface area (TPSA) is 199 Å². The third-order valence-electron chi connectivity index (χ3n) is 10.3. The summed E-state index contributed by atoms with van der Waals surface area (Å²) >= 11 is 0. The van der Waals surface area contributed by atoms with E-state index in [0.29, 0.717) is 61.4 Å². The predicted octanol–water partition coefficient (Wildman–Crippen LogP) is 5.22. The first-order valence-electron chi connectivity index (χ1n) is 18.7. The molecule has 14 nitrogen and oxygen atoms in total. The van der Waals surface area contributed by atoms with Gasteiger partial charge in [0.1, 0.15) is 23.8 Å². The second-order valence-corrected chi connectivity index (χ2v) is 14.3. The lowest BCUT2D eigenvalue weighted by molar-refractivity contribution is -0.133. The lowest BCUT2D eigenvalue weighted by atomic mass is 9.99. The molecule has 2 fully saturated rings. The van der Waals surface area contributed by atoms with Crippen LogP contribution in [-0.2, 0) is 46.7 Å². The summed E-state index contributed by atoms with van der Waals surface area (Å²) in [5.74, 6) is -0.0555. The van der Waals surface area contributed by atoms with E-state index < -0.39 is 11.6 Å². The lowest BCUT2D eigenvalue weighted by Crippen LogP contribution is -2.44. The zero-order chi connectivity index (χ0) is 39.9. The first-order chi connectivity index (χ1) is 27.0. The van der Waals surface area contributed by atoms with E-state index in [4.69, 9.17) is 25.3 Å². The molecule has 6 heterocycles. The number of nitrogens with zero attached hydrogens (tertiary/aromatic N) is 7. The molecule has 0 aliphatic carbocycles. The molecule has 16 heteroatoms. The number of benzene rings is 2. The van der Waals surface area contributed by atoms with Crippen LogP contribution in [0.1, 0.15) is 91.6 Å². The van der Waals surface area contributed by atoms with E-state index in [1.54, 1.807) is 32.9 Å². The summed E-state index contributed by atoms with van der Waals surface area (Å²) < 4.78 is 37.3. The highest BCUT2D eigenvalue weighted by Crippen LogP contribution is 2.34. The Bertz CT molecular complexity index is 2190. The van der Waals surface area contributed by atoms with Gasteiger partial charge in [0.15, 0.2) is 0 Å². The molecule has 292 valence electrons. The van der Waals surface area contributed by atoms with Gasteiger partial charge in [-0.05, 0) is 75.4 Å². The van der Waals surface area contributed by atoms with E-state index in [-0.39, 0.29) is 41.3 Å². The van der Waals surface area contributed by atoms with Crippen LogP contribution < -0.4 is 20.9 Å². The van der Waals surface area contributed by atoms with Gasteiger partial charge >= 0.3 is 0 Å². The normalized spacial score (nSPS) is 19.0. The summed E-state index contributed by atoms with van der Waals surface area (Å²) in [7, 11) is 0. The number of nitrogen functional groups attached to an aromatic ring is 1. The summed E-state index contributed by atoms with van der Waals surface area (Å²) in [6.45, 7) is 6.46. The SMILES string of the molecule is C[C@H]1Cc2noc(N3CCCCC3=O)c2CN1.C[C@H]1Cc2noc(N3CCCCC3=O)c2CN1C(=O)Cc1ccc(C#N)c(F)c1.N#Cc1ccc(N)cc1F. The van der Waals surface area contributed by atoms with Crippen LogP contribution in [0.5, 0.6) is 0 Å². The van der Waals surface area contributed by atoms with Gasteiger partial charge in [0.05, 0.1) is 46.6 Å². The van der Waals surface area contributed by atoms with Gasteiger partial charge in [-0.1, -0.05) is 16.4 Å². The van der Waals surface area contributed by atoms with Crippen molar-refractivity contribution in [2.24, 2.45) is 0 Å². The molecule has 0 spiro atoms. The third-order valence-corrected chi connectivity index (χ3v) is 10.3. The van der Waals surface area contributed by atoms with Crippen molar-refractivity contribution in [3.63, 3.8) is 0 Å². The van der Waals surface area contributed by atoms with E-state index in [9.17, 15) is 23.2 Å². The van der Waals surface area contributed by atoms with Gasteiger partial charge in [0.25, 0.3) is 0 Å². The molecule has 56 heavy (non-hydrogen) atoms. The molecule has 2 atom stereocenters. The minimum Gasteiger partial charge on any atom is -0.399 e. The number of amides is 3. The number of carbonyl (C=O) groups excluding carboxylic acids is 3. The van der Waals surface area contributed by atoms with Crippen LogP contribution >= 0.6 is 0 Å². The monoisotopic (exact) mass is 767 g/mol. The molecule has 4 aliphatic rings. The fourth-order valence-electron chi connectivity index (χ4n) is 7.13. The van der Waals surface area contributed by atoms with Gasteiger partial charge in [-0.3, -0.25) is 24.2 Å². The minimum absolute atomic E-state index is 0.0137. The van der Waals surface area contributed by atoms with Crippen molar-refractivity contribution >= 4 is 35.2 Å². The number of hydrogen-bond donors (Lipinski definition) is 2. The molecule has 4 aliphatic heterocycles. The van der Waals surface area contributed by atoms with Crippen molar-refractivity contribution in [2.75, 3.05) is 28.6 Å². The maximum atomic E-state index is 13.9. The average molecular weight is 768 g/mol. The number of nitriles is 2. The number of hydrogen-bond acceptors (Lipinski definition) is 11. The van der Waals surface area contributed by atoms with Crippen molar-refractivity contribution in [1.29, 1.82) is 10.5 Å². The Morgan fingerprint density at radius 3 is 2.00 bits per heavy atom. The fourth-order valence-corrected chi connectivity index (χ4v) is 7.13. The first kappa shape index (κ1) is 39.6. The highest BCUT2D eigenvalue weighted by Gasteiger charge is 2.35. The molecule has 8 rings (SSSR count). The molecule has 0 unspecified atom stereocenters. The lowest BCUT2D eigenvalue weighted by Gasteiger charge is -2.34. The van der Waals surface area contributed by atoms with Crippen molar-refractivity contribution < 1.29 is 32.2 Å². The van der Waals surface area contributed by atoms with Gasteiger partial charge < -0.3 is 25.0 Å². The molecule has 4 aromatic rings. The molecule has 3 N–H and O–H groups in total. The number of carbonyl (C=O) groups is 3. The Morgan fingerprint density at radius 2 is 1.43 bits per heavy atom. The molecule has 0 bridgehead atoms.